The summed E-state index contributed by atoms with van der Waals surface area (Å²) in [5.74, 6) is -0.640. The Labute approximate surface area is 175 Å². The molecule has 0 aliphatic rings. The maximum Gasteiger partial charge on any atom is 0.344 e. The van der Waals surface area contributed by atoms with E-state index in [2.05, 4.69) is 5.32 Å². The highest BCUT2D eigenvalue weighted by Crippen LogP contribution is 2.21. The largest absolute Gasteiger partial charge is 0.482 e. The van der Waals surface area contributed by atoms with Crippen molar-refractivity contribution in [2.75, 3.05) is 18.5 Å². The number of Topliss-reactive ketones (excluding diaryl/α,β-unsaturated/α-hetero) is 1. The van der Waals surface area contributed by atoms with E-state index in [1.807, 2.05) is 27.7 Å². The molecule has 0 saturated heterocycles. The van der Waals surface area contributed by atoms with Crippen molar-refractivity contribution in [2.45, 2.75) is 27.7 Å². The van der Waals surface area contributed by atoms with Crippen LogP contribution in [-0.4, -0.2) is 30.9 Å². The predicted molar refractivity (Wildman–Crippen MR) is 112 cm³/mol. The van der Waals surface area contributed by atoms with E-state index < -0.39 is 18.0 Å². The molecule has 29 heavy (non-hydrogen) atoms. The second-order valence-corrected chi connectivity index (χ2v) is 7.97. The molecule has 2 rings (SSSR count). The topological polar surface area (TPSA) is 81.7 Å². The van der Waals surface area contributed by atoms with Gasteiger partial charge in [0.2, 0.25) is 5.91 Å². The van der Waals surface area contributed by atoms with Gasteiger partial charge < -0.3 is 14.8 Å². The van der Waals surface area contributed by atoms with Gasteiger partial charge in [-0.1, -0.05) is 32.4 Å². The number of carbonyl (C=O) groups is 3. The fraction of sp³-hybridized carbons (Fsp3) is 0.318. The maximum absolute atomic E-state index is 12.2. The third kappa shape index (κ3) is 6.91. The van der Waals surface area contributed by atoms with Crippen LogP contribution in [0, 0.1) is 12.3 Å². The highest BCUT2D eigenvalue weighted by atomic mass is 35.5. The molecular weight excluding hydrogens is 394 g/mol. The van der Waals surface area contributed by atoms with Crippen molar-refractivity contribution in [1.29, 1.82) is 0 Å². The Morgan fingerprint density at radius 2 is 1.66 bits per heavy atom. The molecule has 7 heteroatoms. The number of hydrogen-bond acceptors (Lipinski definition) is 5. The van der Waals surface area contributed by atoms with Crippen LogP contribution in [-0.2, 0) is 14.3 Å². The molecule has 0 fully saturated rings. The molecule has 0 atom stereocenters. The monoisotopic (exact) mass is 417 g/mol. The summed E-state index contributed by atoms with van der Waals surface area (Å²) in [5, 5.41) is 3.38. The molecule has 0 aliphatic carbocycles. The van der Waals surface area contributed by atoms with Gasteiger partial charge in [-0.15, -0.1) is 0 Å². The van der Waals surface area contributed by atoms with E-state index >= 15 is 0 Å². The normalized spacial score (nSPS) is 10.9. The Bertz CT molecular complexity index is 900. The Kier molecular flexibility index (Phi) is 7.40. The first kappa shape index (κ1) is 22.4. The lowest BCUT2D eigenvalue weighted by Crippen LogP contribution is -2.27. The Morgan fingerprint density at radius 1 is 1.00 bits per heavy atom. The van der Waals surface area contributed by atoms with E-state index in [9.17, 15) is 14.4 Å². The van der Waals surface area contributed by atoms with Gasteiger partial charge in [-0.2, -0.15) is 0 Å². The van der Waals surface area contributed by atoms with Crippen LogP contribution in [0.3, 0.4) is 0 Å². The summed E-state index contributed by atoms with van der Waals surface area (Å²) in [7, 11) is 0. The highest BCUT2D eigenvalue weighted by molar-refractivity contribution is 6.31. The highest BCUT2D eigenvalue weighted by Gasteiger charge is 2.21. The number of esters is 1. The summed E-state index contributed by atoms with van der Waals surface area (Å²) in [5.41, 5.74) is 1.27. The first-order valence-corrected chi connectivity index (χ1v) is 9.43. The molecule has 2 aromatic rings. The van der Waals surface area contributed by atoms with Crippen molar-refractivity contribution in [3.05, 3.63) is 58.6 Å². The molecule has 1 N–H and O–H groups in total. The van der Waals surface area contributed by atoms with Crippen molar-refractivity contribution in [3.8, 4) is 5.75 Å². The number of aryl methyl sites for hydroxylation is 1. The quantitative estimate of drug-likeness (QED) is 0.532. The number of ketones is 1. The predicted octanol–water partition coefficient (Wildman–Crippen LogP) is 4.44. The van der Waals surface area contributed by atoms with Crippen molar-refractivity contribution in [2.24, 2.45) is 5.41 Å². The molecule has 0 aliphatic heterocycles. The lowest BCUT2D eigenvalue weighted by atomic mass is 9.95. The SMILES string of the molecule is Cc1cc(OCC(=O)OCC(=O)c2ccc(NC(=O)C(C)(C)C)cc2)ccc1Cl. The van der Waals surface area contributed by atoms with Crippen molar-refractivity contribution >= 4 is 34.9 Å². The van der Waals surface area contributed by atoms with E-state index in [1.165, 1.54) is 0 Å². The summed E-state index contributed by atoms with van der Waals surface area (Å²) in [4.78, 5) is 36.0. The molecule has 0 spiro atoms. The average Bonchev–Trinajstić information content (AvgIpc) is 2.66. The van der Waals surface area contributed by atoms with Crippen molar-refractivity contribution < 1.29 is 23.9 Å². The maximum atomic E-state index is 12.2. The molecule has 1 amide bonds. The van der Waals surface area contributed by atoms with Gasteiger partial charge in [-0.3, -0.25) is 9.59 Å². The summed E-state index contributed by atoms with van der Waals surface area (Å²) in [6, 6.07) is 11.4. The number of ether oxygens (including phenoxy) is 2. The number of hydrogen-bond donors (Lipinski definition) is 1. The van der Waals surface area contributed by atoms with Crippen LogP contribution in [0.1, 0.15) is 36.7 Å². The molecule has 0 saturated carbocycles. The molecular formula is C22H24ClNO5. The number of nitrogens with one attached hydrogen (secondary N) is 1. The number of amides is 1. The lowest BCUT2D eigenvalue weighted by Gasteiger charge is -2.17. The second-order valence-electron chi connectivity index (χ2n) is 7.56. The minimum absolute atomic E-state index is 0.124. The first-order valence-electron chi connectivity index (χ1n) is 9.05. The summed E-state index contributed by atoms with van der Waals surface area (Å²) in [6.45, 7) is 6.55. The third-order valence-electron chi connectivity index (χ3n) is 4.00. The summed E-state index contributed by atoms with van der Waals surface area (Å²) in [6.07, 6.45) is 0. The van der Waals surface area contributed by atoms with Gasteiger partial charge in [0.15, 0.2) is 19.0 Å². The summed E-state index contributed by atoms with van der Waals surface area (Å²) < 4.78 is 10.3. The first-order chi connectivity index (χ1) is 13.6. The number of carbonyl (C=O) groups excluding carboxylic acids is 3. The van der Waals surface area contributed by atoms with Gasteiger partial charge in [0.25, 0.3) is 0 Å². The molecule has 0 aromatic heterocycles. The standard InChI is InChI=1S/C22H24ClNO5/c1-14-11-17(9-10-18(14)23)28-13-20(26)29-12-19(25)15-5-7-16(8-6-15)24-21(27)22(2,3)4/h5-11H,12-13H2,1-4H3,(H,24,27). The molecule has 0 heterocycles. The van der Waals surface area contributed by atoms with Gasteiger partial charge in [-0.25, -0.2) is 4.79 Å². The minimum atomic E-state index is -0.653. The van der Waals surface area contributed by atoms with Crippen LogP contribution in [0.5, 0.6) is 5.75 Å². The molecule has 0 bridgehead atoms. The van der Waals surface area contributed by atoms with Crippen LogP contribution in [0.4, 0.5) is 5.69 Å². The third-order valence-corrected chi connectivity index (χ3v) is 4.42. The van der Waals surface area contributed by atoms with E-state index in [4.69, 9.17) is 21.1 Å². The van der Waals surface area contributed by atoms with Crippen LogP contribution in [0.15, 0.2) is 42.5 Å². The zero-order valence-corrected chi connectivity index (χ0v) is 17.6. The Morgan fingerprint density at radius 3 is 2.24 bits per heavy atom. The van der Waals surface area contributed by atoms with E-state index in [0.717, 1.165) is 5.56 Å². The van der Waals surface area contributed by atoms with E-state index in [-0.39, 0.29) is 18.3 Å². The molecule has 154 valence electrons. The number of rotatable bonds is 7. The molecule has 2 aromatic carbocycles. The van der Waals surface area contributed by atoms with Crippen molar-refractivity contribution in [3.63, 3.8) is 0 Å². The number of benzene rings is 2. The van der Waals surface area contributed by atoms with Crippen LogP contribution >= 0.6 is 11.6 Å². The van der Waals surface area contributed by atoms with Crippen LogP contribution < -0.4 is 10.1 Å². The van der Waals surface area contributed by atoms with E-state index in [0.29, 0.717) is 22.0 Å². The van der Waals surface area contributed by atoms with Gasteiger partial charge in [-0.05, 0) is 55.0 Å². The number of anilines is 1. The molecule has 0 radical (unpaired) electrons. The summed E-state index contributed by atoms with van der Waals surface area (Å²) >= 11 is 5.94. The number of halogens is 1. The fourth-order valence-electron chi connectivity index (χ4n) is 2.18. The molecule has 6 nitrogen and oxygen atoms in total. The molecule has 0 unspecified atom stereocenters. The zero-order valence-electron chi connectivity index (χ0n) is 16.9. The zero-order chi connectivity index (χ0) is 21.6. The van der Waals surface area contributed by atoms with Crippen molar-refractivity contribution in [1.82, 2.24) is 0 Å². The van der Waals surface area contributed by atoms with Crippen LogP contribution in [0.2, 0.25) is 5.02 Å². The Balaban J connectivity index is 1.81. The smallest absolute Gasteiger partial charge is 0.344 e. The fourth-order valence-corrected chi connectivity index (χ4v) is 2.30. The van der Waals surface area contributed by atoms with Gasteiger partial charge in [0.1, 0.15) is 5.75 Å². The van der Waals surface area contributed by atoms with Gasteiger partial charge in [0, 0.05) is 21.7 Å². The van der Waals surface area contributed by atoms with E-state index in [1.54, 1.807) is 42.5 Å². The Hall–Kier alpha value is -2.86. The lowest BCUT2D eigenvalue weighted by molar-refractivity contribution is -0.144. The van der Waals surface area contributed by atoms with Crippen LogP contribution in [0.25, 0.3) is 0 Å². The second kappa shape index (κ2) is 9.56. The minimum Gasteiger partial charge on any atom is -0.482 e. The average molecular weight is 418 g/mol. The van der Waals surface area contributed by atoms with Gasteiger partial charge >= 0.3 is 5.97 Å². The van der Waals surface area contributed by atoms with Gasteiger partial charge in [0.05, 0.1) is 0 Å².